The first-order chi connectivity index (χ1) is 17.4. The molecule has 4 aromatic rings. The van der Waals surface area contributed by atoms with E-state index in [1.54, 1.807) is 24.4 Å². The highest BCUT2D eigenvalue weighted by molar-refractivity contribution is 7.80. The number of phenols is 1. The Morgan fingerprint density at radius 2 is 1.89 bits per heavy atom. The Labute approximate surface area is 218 Å². The van der Waals surface area contributed by atoms with Gasteiger partial charge in [-0.2, -0.15) is 0 Å². The number of hydrogen-bond donors (Lipinski definition) is 2. The number of halogens is 1. The lowest BCUT2D eigenvalue weighted by Gasteiger charge is -2.28. The minimum Gasteiger partial charge on any atom is -0.506 e. The van der Waals surface area contributed by atoms with Crippen molar-refractivity contribution in [2.75, 3.05) is 11.7 Å². The molecule has 7 nitrogen and oxygen atoms in total. The van der Waals surface area contributed by atoms with Crippen molar-refractivity contribution in [3.63, 3.8) is 0 Å². The molecule has 182 valence electrons. The molecule has 0 unspecified atom stereocenters. The van der Waals surface area contributed by atoms with E-state index in [1.807, 2.05) is 41.3 Å². The molecule has 0 aliphatic carbocycles. The number of anilines is 1. The summed E-state index contributed by atoms with van der Waals surface area (Å²) >= 11 is 12.1. The van der Waals surface area contributed by atoms with E-state index in [-0.39, 0.29) is 24.6 Å². The number of aromatic nitrogens is 2. The molecule has 0 saturated carbocycles. The van der Waals surface area contributed by atoms with Gasteiger partial charge in [-0.25, -0.2) is 0 Å². The predicted octanol–water partition coefficient (Wildman–Crippen LogP) is 5.75. The molecule has 2 N–H and O–H groups in total. The van der Waals surface area contributed by atoms with Gasteiger partial charge in [0.25, 0.3) is 0 Å². The van der Waals surface area contributed by atoms with Crippen LogP contribution < -0.4 is 19.7 Å². The topological polar surface area (TPSA) is 71.8 Å². The van der Waals surface area contributed by atoms with Gasteiger partial charge in [-0.3, -0.25) is 4.98 Å². The van der Waals surface area contributed by atoms with Crippen molar-refractivity contribution in [3.05, 3.63) is 94.5 Å². The van der Waals surface area contributed by atoms with Crippen LogP contribution in [0.4, 0.5) is 5.69 Å². The van der Waals surface area contributed by atoms with Crippen LogP contribution in [0.5, 0.6) is 17.2 Å². The van der Waals surface area contributed by atoms with Gasteiger partial charge >= 0.3 is 0 Å². The van der Waals surface area contributed by atoms with Crippen LogP contribution in [0.15, 0.2) is 66.9 Å². The van der Waals surface area contributed by atoms with Crippen molar-refractivity contribution in [1.82, 2.24) is 14.9 Å². The SMILES string of the molecule is Cc1cc([C@@H]2[C@H](c3ccccn3)NC(=S)N2c2cc(Cl)ccc2O)c(C)n1-c1ccc2c(c1)OCO2. The fourth-order valence-corrected chi connectivity index (χ4v) is 5.63. The minimum atomic E-state index is -0.286. The van der Waals surface area contributed by atoms with Crippen molar-refractivity contribution in [2.24, 2.45) is 0 Å². The summed E-state index contributed by atoms with van der Waals surface area (Å²) in [5, 5.41) is 15.2. The van der Waals surface area contributed by atoms with E-state index in [0.717, 1.165) is 39.8 Å². The summed E-state index contributed by atoms with van der Waals surface area (Å²) in [6, 6.07) is 18.4. The van der Waals surface area contributed by atoms with Gasteiger partial charge in [0.1, 0.15) is 5.75 Å². The van der Waals surface area contributed by atoms with Gasteiger partial charge in [0.15, 0.2) is 16.6 Å². The number of thiocarbonyl (C=S) groups is 1. The zero-order valence-electron chi connectivity index (χ0n) is 19.6. The summed E-state index contributed by atoms with van der Waals surface area (Å²) in [4.78, 5) is 6.55. The van der Waals surface area contributed by atoms with E-state index in [4.69, 9.17) is 33.3 Å². The first-order valence-corrected chi connectivity index (χ1v) is 12.3. The molecule has 1 saturated heterocycles. The Morgan fingerprint density at radius 3 is 2.69 bits per heavy atom. The van der Waals surface area contributed by atoms with Crippen molar-refractivity contribution in [2.45, 2.75) is 25.9 Å². The number of phenolic OH excluding ortho intramolecular Hbond substituents is 1. The van der Waals surface area contributed by atoms with Crippen LogP contribution in [-0.4, -0.2) is 26.6 Å². The molecule has 2 aromatic carbocycles. The normalized spacial score (nSPS) is 18.5. The van der Waals surface area contributed by atoms with Gasteiger partial charge in [-0.15, -0.1) is 0 Å². The number of fused-ring (bicyclic) bond motifs is 1. The summed E-state index contributed by atoms with van der Waals surface area (Å²) in [5.74, 6) is 1.56. The molecule has 0 amide bonds. The molecule has 2 aliphatic rings. The number of hydrogen-bond acceptors (Lipinski definition) is 5. The molecular formula is C27H23ClN4O3S. The molecule has 2 atom stereocenters. The molecule has 1 fully saturated rings. The molecule has 36 heavy (non-hydrogen) atoms. The van der Waals surface area contributed by atoms with Crippen molar-refractivity contribution >= 4 is 34.6 Å². The van der Waals surface area contributed by atoms with E-state index < -0.39 is 0 Å². The van der Waals surface area contributed by atoms with Gasteiger partial charge < -0.3 is 29.4 Å². The summed E-state index contributed by atoms with van der Waals surface area (Å²) in [6.07, 6.45) is 1.77. The molecule has 4 heterocycles. The lowest BCUT2D eigenvalue weighted by atomic mass is 9.96. The van der Waals surface area contributed by atoms with E-state index in [9.17, 15) is 5.11 Å². The van der Waals surface area contributed by atoms with Crippen LogP contribution in [-0.2, 0) is 0 Å². The maximum atomic E-state index is 10.8. The van der Waals surface area contributed by atoms with Crippen LogP contribution in [0, 0.1) is 13.8 Å². The van der Waals surface area contributed by atoms with Gasteiger partial charge in [-0.05, 0) is 80.2 Å². The number of rotatable bonds is 4. The van der Waals surface area contributed by atoms with Crippen molar-refractivity contribution < 1.29 is 14.6 Å². The first-order valence-electron chi connectivity index (χ1n) is 11.5. The Bertz CT molecular complexity index is 1490. The van der Waals surface area contributed by atoms with Crippen molar-refractivity contribution in [1.29, 1.82) is 0 Å². The van der Waals surface area contributed by atoms with E-state index in [2.05, 4.69) is 34.8 Å². The third-order valence-electron chi connectivity index (χ3n) is 6.70. The highest BCUT2D eigenvalue weighted by Crippen LogP contribution is 2.46. The van der Waals surface area contributed by atoms with E-state index >= 15 is 0 Å². The second-order valence-corrected chi connectivity index (χ2v) is 9.65. The molecule has 2 aromatic heterocycles. The number of benzene rings is 2. The van der Waals surface area contributed by atoms with Crippen molar-refractivity contribution in [3.8, 4) is 22.9 Å². The molecule has 0 spiro atoms. The summed E-state index contributed by atoms with van der Waals surface area (Å²) in [5.41, 5.74) is 5.50. The van der Waals surface area contributed by atoms with E-state index in [1.165, 1.54) is 0 Å². The summed E-state index contributed by atoms with van der Waals surface area (Å²) in [6.45, 7) is 4.38. The number of pyridine rings is 1. The van der Waals surface area contributed by atoms with Crippen LogP contribution in [0.3, 0.4) is 0 Å². The monoisotopic (exact) mass is 518 g/mol. The standard InChI is InChI=1S/C27H23ClN4O3S/c1-15-11-19(16(2)31(15)18-7-9-23-24(13-18)35-14-34-23)26-25(20-5-3-4-10-29-20)30-27(36)32(26)21-12-17(28)6-8-22(21)33/h3-13,25-26,33H,14H2,1-2H3,(H,30,36)/t25-,26+/m0/s1. The summed E-state index contributed by atoms with van der Waals surface area (Å²) < 4.78 is 13.3. The number of nitrogens with zero attached hydrogens (tertiary/aromatic N) is 3. The molecule has 6 rings (SSSR count). The number of nitrogens with one attached hydrogen (secondary N) is 1. The van der Waals surface area contributed by atoms with E-state index in [0.29, 0.717) is 15.8 Å². The highest BCUT2D eigenvalue weighted by Gasteiger charge is 2.43. The van der Waals surface area contributed by atoms with Gasteiger partial charge in [0.2, 0.25) is 6.79 Å². The average Bonchev–Trinajstić information content (AvgIpc) is 3.56. The number of aryl methyl sites for hydroxylation is 1. The van der Waals surface area contributed by atoms with Crippen LogP contribution >= 0.6 is 23.8 Å². The number of ether oxygens (including phenoxy) is 2. The van der Waals surface area contributed by atoms with Crippen LogP contribution in [0.1, 0.15) is 34.7 Å². The smallest absolute Gasteiger partial charge is 0.231 e. The highest BCUT2D eigenvalue weighted by atomic mass is 35.5. The molecule has 0 radical (unpaired) electrons. The average molecular weight is 519 g/mol. The van der Waals surface area contributed by atoms with Gasteiger partial charge in [0.05, 0.1) is 23.5 Å². The fourth-order valence-electron chi connectivity index (χ4n) is 5.13. The van der Waals surface area contributed by atoms with Crippen LogP contribution in [0.2, 0.25) is 5.02 Å². The zero-order valence-corrected chi connectivity index (χ0v) is 21.2. The molecule has 0 bridgehead atoms. The Hall–Kier alpha value is -3.75. The quantitative estimate of drug-likeness (QED) is 0.333. The maximum Gasteiger partial charge on any atom is 0.231 e. The maximum absolute atomic E-state index is 10.8. The second-order valence-electron chi connectivity index (χ2n) is 8.83. The van der Waals surface area contributed by atoms with Crippen LogP contribution in [0.25, 0.3) is 5.69 Å². The lowest BCUT2D eigenvalue weighted by molar-refractivity contribution is 0.174. The zero-order chi connectivity index (χ0) is 25.0. The lowest BCUT2D eigenvalue weighted by Crippen LogP contribution is -2.29. The Morgan fingerprint density at radius 1 is 1.06 bits per heavy atom. The molecular weight excluding hydrogens is 496 g/mol. The van der Waals surface area contributed by atoms with Gasteiger partial charge in [0, 0.05) is 34.4 Å². The molecule has 9 heteroatoms. The third kappa shape index (κ3) is 3.65. The minimum absolute atomic E-state index is 0.0970. The Kier molecular flexibility index (Phi) is 5.50. The fraction of sp³-hybridized carbons (Fsp3) is 0.185. The van der Waals surface area contributed by atoms with Gasteiger partial charge in [-0.1, -0.05) is 17.7 Å². The second kappa shape index (κ2) is 8.72. The largest absolute Gasteiger partial charge is 0.506 e. The number of aromatic hydroxyl groups is 1. The third-order valence-corrected chi connectivity index (χ3v) is 7.25. The Balaban J connectivity index is 1.52. The predicted molar refractivity (Wildman–Crippen MR) is 142 cm³/mol. The first kappa shape index (κ1) is 22.7. The molecule has 2 aliphatic heterocycles. The summed E-state index contributed by atoms with van der Waals surface area (Å²) in [7, 11) is 0.